The first-order chi connectivity index (χ1) is 14.6. The van der Waals surface area contributed by atoms with E-state index in [2.05, 4.69) is 36.3 Å². The van der Waals surface area contributed by atoms with Gasteiger partial charge in [0, 0.05) is 18.4 Å². The SMILES string of the molecule is CSc1cccc(CC#Cc2cc3c(=O)n(Cc4ccccc4)c(=O)n(C)c3s2)c1. The molecule has 0 radical (unpaired) electrons. The summed E-state index contributed by atoms with van der Waals surface area (Å²) in [5.74, 6) is 6.35. The van der Waals surface area contributed by atoms with Crippen LogP contribution in [0.5, 0.6) is 0 Å². The Morgan fingerprint density at radius 1 is 1.00 bits per heavy atom. The van der Waals surface area contributed by atoms with E-state index < -0.39 is 0 Å². The van der Waals surface area contributed by atoms with Crippen LogP contribution in [0.4, 0.5) is 0 Å². The van der Waals surface area contributed by atoms with Gasteiger partial charge in [-0.2, -0.15) is 0 Å². The molecule has 0 spiro atoms. The molecule has 0 fully saturated rings. The predicted molar refractivity (Wildman–Crippen MR) is 126 cm³/mol. The summed E-state index contributed by atoms with van der Waals surface area (Å²) in [5.41, 5.74) is 1.49. The molecule has 4 nitrogen and oxygen atoms in total. The molecule has 2 heterocycles. The smallest absolute Gasteiger partial charge is 0.287 e. The number of hydrogen-bond acceptors (Lipinski definition) is 4. The maximum Gasteiger partial charge on any atom is 0.332 e. The monoisotopic (exact) mass is 432 g/mol. The van der Waals surface area contributed by atoms with Crippen molar-refractivity contribution in [1.29, 1.82) is 0 Å². The lowest BCUT2D eigenvalue weighted by molar-refractivity contribution is 0.663. The van der Waals surface area contributed by atoms with Gasteiger partial charge in [-0.15, -0.1) is 23.1 Å². The van der Waals surface area contributed by atoms with Crippen molar-refractivity contribution in [2.75, 3.05) is 6.26 Å². The minimum atomic E-state index is -0.313. The molecular formula is C24H20N2O2S2. The first kappa shape index (κ1) is 20.3. The predicted octanol–water partition coefficient (Wildman–Crippen LogP) is 4.13. The highest BCUT2D eigenvalue weighted by Crippen LogP contribution is 2.21. The molecule has 2 aromatic heterocycles. The van der Waals surface area contributed by atoms with Crippen LogP contribution < -0.4 is 11.2 Å². The van der Waals surface area contributed by atoms with Crippen molar-refractivity contribution in [2.45, 2.75) is 17.9 Å². The molecule has 0 bridgehead atoms. The average Bonchev–Trinajstić information content (AvgIpc) is 3.21. The lowest BCUT2D eigenvalue weighted by Crippen LogP contribution is -2.38. The Bertz CT molecular complexity index is 1390. The molecule has 150 valence electrons. The molecule has 0 aliphatic heterocycles. The minimum absolute atomic E-state index is 0.255. The Balaban J connectivity index is 1.68. The Morgan fingerprint density at radius 3 is 2.53 bits per heavy atom. The highest BCUT2D eigenvalue weighted by molar-refractivity contribution is 7.98. The second kappa shape index (κ2) is 8.78. The van der Waals surface area contributed by atoms with Crippen LogP contribution in [0.15, 0.2) is 75.1 Å². The number of hydrogen-bond donors (Lipinski definition) is 0. The van der Waals surface area contributed by atoms with Crippen molar-refractivity contribution in [3.63, 3.8) is 0 Å². The van der Waals surface area contributed by atoms with E-state index in [1.165, 1.54) is 25.4 Å². The number of rotatable bonds is 4. The molecule has 0 saturated heterocycles. The molecule has 0 aliphatic rings. The lowest BCUT2D eigenvalue weighted by Gasteiger charge is -2.08. The van der Waals surface area contributed by atoms with Crippen molar-refractivity contribution in [1.82, 2.24) is 9.13 Å². The average molecular weight is 433 g/mol. The summed E-state index contributed by atoms with van der Waals surface area (Å²) in [6.07, 6.45) is 2.69. The molecule has 0 unspecified atom stereocenters. The zero-order valence-corrected chi connectivity index (χ0v) is 18.3. The third-order valence-electron chi connectivity index (χ3n) is 4.83. The van der Waals surface area contributed by atoms with Gasteiger partial charge in [0.25, 0.3) is 5.56 Å². The van der Waals surface area contributed by atoms with Crippen LogP contribution in [-0.2, 0) is 20.0 Å². The Kier molecular flexibility index (Phi) is 5.93. The van der Waals surface area contributed by atoms with Gasteiger partial charge in [-0.3, -0.25) is 13.9 Å². The topological polar surface area (TPSA) is 44.0 Å². The Labute approximate surface area is 182 Å². The quantitative estimate of drug-likeness (QED) is 0.360. The van der Waals surface area contributed by atoms with Crippen LogP contribution in [0.1, 0.15) is 16.0 Å². The summed E-state index contributed by atoms with van der Waals surface area (Å²) in [6.45, 7) is 0.255. The van der Waals surface area contributed by atoms with Gasteiger partial charge in [0.15, 0.2) is 0 Å². The van der Waals surface area contributed by atoms with E-state index in [1.54, 1.807) is 24.9 Å². The second-order valence-corrected chi connectivity index (χ2v) is 8.79. The summed E-state index contributed by atoms with van der Waals surface area (Å²) < 4.78 is 2.83. The van der Waals surface area contributed by atoms with Gasteiger partial charge >= 0.3 is 5.69 Å². The Hall–Kier alpha value is -3.01. The number of thioether (sulfide) groups is 1. The van der Waals surface area contributed by atoms with Crippen molar-refractivity contribution in [2.24, 2.45) is 7.05 Å². The van der Waals surface area contributed by atoms with Gasteiger partial charge in [-0.25, -0.2) is 4.79 Å². The molecule has 6 heteroatoms. The largest absolute Gasteiger partial charge is 0.332 e. The summed E-state index contributed by atoms with van der Waals surface area (Å²) in [5, 5.41) is 0.534. The van der Waals surface area contributed by atoms with Gasteiger partial charge in [0.2, 0.25) is 0 Å². The van der Waals surface area contributed by atoms with Crippen molar-refractivity contribution in [3.05, 3.63) is 97.5 Å². The molecule has 4 rings (SSSR count). The number of benzene rings is 2. The van der Waals surface area contributed by atoms with Gasteiger partial charge < -0.3 is 0 Å². The van der Waals surface area contributed by atoms with Crippen LogP contribution in [0, 0.1) is 11.8 Å². The maximum absolute atomic E-state index is 13.0. The molecule has 30 heavy (non-hydrogen) atoms. The zero-order chi connectivity index (χ0) is 21.1. The molecule has 0 amide bonds. The summed E-state index contributed by atoms with van der Waals surface area (Å²) in [4.78, 5) is 28.4. The maximum atomic E-state index is 13.0. The van der Waals surface area contributed by atoms with Crippen LogP contribution in [-0.4, -0.2) is 15.4 Å². The fourth-order valence-electron chi connectivity index (χ4n) is 3.27. The van der Waals surface area contributed by atoms with Crippen molar-refractivity contribution >= 4 is 33.3 Å². The van der Waals surface area contributed by atoms with Crippen LogP contribution in [0.25, 0.3) is 10.2 Å². The number of thiophene rings is 1. The van der Waals surface area contributed by atoms with E-state index in [0.29, 0.717) is 16.6 Å². The lowest BCUT2D eigenvalue weighted by atomic mass is 10.1. The summed E-state index contributed by atoms with van der Waals surface area (Å²) >= 11 is 3.09. The Morgan fingerprint density at radius 2 is 1.77 bits per heavy atom. The van der Waals surface area contributed by atoms with Crippen molar-refractivity contribution < 1.29 is 0 Å². The fourth-order valence-corrected chi connectivity index (χ4v) is 4.73. The molecule has 0 aliphatic carbocycles. The van der Waals surface area contributed by atoms with Gasteiger partial charge in [-0.1, -0.05) is 54.3 Å². The van der Waals surface area contributed by atoms with Crippen molar-refractivity contribution in [3.8, 4) is 11.8 Å². The van der Waals surface area contributed by atoms with Gasteiger partial charge in [0.1, 0.15) is 4.83 Å². The number of nitrogens with zero attached hydrogens (tertiary/aromatic N) is 2. The first-order valence-electron chi connectivity index (χ1n) is 9.46. The highest BCUT2D eigenvalue weighted by Gasteiger charge is 2.14. The molecule has 0 atom stereocenters. The third kappa shape index (κ3) is 4.13. The molecule has 0 saturated carbocycles. The molecular weight excluding hydrogens is 412 g/mol. The summed E-state index contributed by atoms with van der Waals surface area (Å²) in [7, 11) is 1.70. The number of fused-ring (bicyclic) bond motifs is 1. The third-order valence-corrected chi connectivity index (χ3v) is 6.68. The number of aryl methyl sites for hydroxylation is 1. The molecule has 4 aromatic rings. The van der Waals surface area contributed by atoms with E-state index >= 15 is 0 Å². The fraction of sp³-hybridized carbons (Fsp3) is 0.167. The van der Waals surface area contributed by atoms with E-state index in [1.807, 2.05) is 36.4 Å². The van der Waals surface area contributed by atoms with Crippen LogP contribution >= 0.6 is 23.1 Å². The molecule has 2 aromatic carbocycles. The summed E-state index contributed by atoms with van der Waals surface area (Å²) in [6, 6.07) is 19.6. The van der Waals surface area contributed by atoms with E-state index in [0.717, 1.165) is 16.0 Å². The second-order valence-electron chi connectivity index (χ2n) is 6.88. The van der Waals surface area contributed by atoms with Crippen LogP contribution in [0.2, 0.25) is 0 Å². The molecule has 0 N–H and O–H groups in total. The zero-order valence-electron chi connectivity index (χ0n) is 16.7. The standard InChI is InChI=1S/C24H20N2O2S2/c1-25-23-21(22(27)26(24(25)28)16-18-8-4-3-5-9-18)15-20(30-23)13-7-11-17-10-6-12-19(14-17)29-2/h3-6,8-10,12,14-15H,11,16H2,1-2H3. The van der Waals surface area contributed by atoms with E-state index in [-0.39, 0.29) is 17.8 Å². The minimum Gasteiger partial charge on any atom is -0.287 e. The normalized spacial score (nSPS) is 10.7. The van der Waals surface area contributed by atoms with Crippen LogP contribution in [0.3, 0.4) is 0 Å². The van der Waals surface area contributed by atoms with E-state index in [9.17, 15) is 9.59 Å². The van der Waals surface area contributed by atoms with E-state index in [4.69, 9.17) is 0 Å². The van der Waals surface area contributed by atoms with Gasteiger partial charge in [0.05, 0.1) is 16.8 Å². The first-order valence-corrected chi connectivity index (χ1v) is 11.5. The highest BCUT2D eigenvalue weighted by atomic mass is 32.2. The number of aromatic nitrogens is 2. The van der Waals surface area contributed by atoms with Gasteiger partial charge in [-0.05, 0) is 35.6 Å².